The van der Waals surface area contributed by atoms with Crippen LogP contribution in [0, 0.1) is 40.9 Å². The van der Waals surface area contributed by atoms with Gasteiger partial charge in [-0.05, 0) is 41.9 Å². The van der Waals surface area contributed by atoms with Crippen molar-refractivity contribution in [1.29, 1.82) is 0 Å². The molecule has 1 saturated heterocycles. The van der Waals surface area contributed by atoms with E-state index in [1.54, 1.807) is 7.11 Å². The molecule has 5 heteroatoms. The molecule has 1 heterocycles. The molecule has 1 aliphatic heterocycles. The average molecular weight is 359 g/mol. The zero-order valence-electron chi connectivity index (χ0n) is 10.6. The summed E-state index contributed by atoms with van der Waals surface area (Å²) in [7, 11) is 1.58. The van der Waals surface area contributed by atoms with Crippen LogP contribution in [0.5, 0.6) is 0 Å². The number of esters is 1. The second-order valence-electron chi connectivity index (χ2n) is 7.19. The molecule has 0 amide bonds. The van der Waals surface area contributed by atoms with Crippen LogP contribution in [0.3, 0.4) is 0 Å². The highest BCUT2D eigenvalue weighted by Gasteiger charge is 3.04. The average Bonchev–Trinajstić information content (AvgIpc) is 2.84. The smallest absolute Gasteiger partial charge is 0.312 e. The van der Waals surface area contributed by atoms with E-state index in [9.17, 15) is 4.79 Å². The lowest BCUT2D eigenvalue weighted by Crippen LogP contribution is -3.03. The lowest BCUT2D eigenvalue weighted by atomic mass is 9.06. The molecule has 0 aromatic carbocycles. The number of alkyl halides is 1. The maximum Gasteiger partial charge on any atom is 0.312 e. The Morgan fingerprint density at radius 3 is 2.26 bits per heavy atom. The fourth-order valence-corrected chi connectivity index (χ4v) is 13.2. The first kappa shape index (κ1) is 11.2. The molecule has 2 nitrogen and oxygen atoms in total. The Morgan fingerprint density at radius 2 is 1.68 bits per heavy atom. The van der Waals surface area contributed by atoms with Crippen LogP contribution < -0.4 is 0 Å². The maximum atomic E-state index is 12.3. The third-order valence-corrected chi connectivity index (χ3v) is 12.4. The van der Waals surface area contributed by atoms with Crippen molar-refractivity contribution >= 4 is 45.4 Å². The van der Waals surface area contributed by atoms with Gasteiger partial charge in [-0.2, -0.15) is 0 Å². The van der Waals surface area contributed by atoms with Gasteiger partial charge in [-0.1, -0.05) is 15.9 Å². The molecule has 19 heavy (non-hydrogen) atoms. The van der Waals surface area contributed by atoms with Gasteiger partial charge in [-0.25, -0.2) is 0 Å². The van der Waals surface area contributed by atoms with Gasteiger partial charge in [0, 0.05) is 15.8 Å². The van der Waals surface area contributed by atoms with Gasteiger partial charge in [0.05, 0.1) is 16.6 Å². The fourth-order valence-electron chi connectivity index (χ4n) is 7.36. The van der Waals surface area contributed by atoms with Crippen molar-refractivity contribution in [2.75, 3.05) is 18.6 Å². The van der Waals surface area contributed by atoms with Crippen molar-refractivity contribution in [3.8, 4) is 0 Å². The van der Waals surface area contributed by atoms with Crippen LogP contribution in [0.1, 0.15) is 6.42 Å². The normalized spacial score (nSPS) is 67.5. The number of carbonyl (C=O) groups is 1. The predicted octanol–water partition coefficient (Wildman–Crippen LogP) is 2.61. The van der Waals surface area contributed by atoms with E-state index < -0.39 is 0 Å². The predicted molar refractivity (Wildman–Crippen MR) is 79.3 cm³/mol. The fraction of sp³-hybridized carbons (Fsp3) is 0.929. The van der Waals surface area contributed by atoms with Gasteiger partial charge in [-0.15, -0.1) is 23.5 Å². The van der Waals surface area contributed by atoms with Crippen LogP contribution in [-0.4, -0.2) is 33.0 Å². The van der Waals surface area contributed by atoms with Crippen molar-refractivity contribution in [1.82, 2.24) is 0 Å². The van der Waals surface area contributed by atoms with Gasteiger partial charge in [0.25, 0.3) is 0 Å². The molecule has 6 aliphatic carbocycles. The quantitative estimate of drug-likeness (QED) is 0.531. The number of rotatable bonds is 1. The van der Waals surface area contributed by atoms with E-state index >= 15 is 0 Å². The minimum atomic E-state index is -0.0108. The Labute approximate surface area is 129 Å². The number of hydrogen-bond acceptors (Lipinski definition) is 4. The molecule has 0 radical (unpaired) electrons. The van der Waals surface area contributed by atoms with Gasteiger partial charge < -0.3 is 4.74 Å². The van der Waals surface area contributed by atoms with Gasteiger partial charge in [0.15, 0.2) is 0 Å². The minimum absolute atomic E-state index is 0.0108. The standard InChI is InChI=1S/C14H15BrO2S2/c1-17-11(16)14-8-5-9(14)7-10(14)6(8)12(5,15)4-13(7)18-2-3-19-13/h5-10H,2-4H2,1H3. The van der Waals surface area contributed by atoms with Crippen LogP contribution in [0.25, 0.3) is 0 Å². The number of carbonyl (C=O) groups excluding carboxylic acids is 1. The third-order valence-electron chi connectivity index (χ3n) is 7.42. The SMILES string of the molecule is COC(=O)C12C3C4C1C1C2C3C1(Br)CC41SCCS1. The monoisotopic (exact) mass is 358 g/mol. The first-order valence-corrected chi connectivity index (χ1v) is 9.94. The molecule has 102 valence electrons. The summed E-state index contributed by atoms with van der Waals surface area (Å²) in [6, 6.07) is 0. The summed E-state index contributed by atoms with van der Waals surface area (Å²) >= 11 is 8.53. The maximum absolute atomic E-state index is 12.3. The van der Waals surface area contributed by atoms with Crippen LogP contribution in [0.4, 0.5) is 0 Å². The summed E-state index contributed by atoms with van der Waals surface area (Å²) in [5, 5.41) is 0. The number of ether oxygens (including phenoxy) is 1. The van der Waals surface area contributed by atoms with E-state index in [1.807, 2.05) is 0 Å². The van der Waals surface area contributed by atoms with Gasteiger partial charge in [-0.3, -0.25) is 4.79 Å². The molecule has 7 rings (SSSR count). The summed E-state index contributed by atoms with van der Waals surface area (Å²) in [5.41, 5.74) is -0.0108. The van der Waals surface area contributed by atoms with Crippen LogP contribution in [0.15, 0.2) is 0 Å². The topological polar surface area (TPSA) is 26.3 Å². The van der Waals surface area contributed by atoms with Gasteiger partial charge in [0.1, 0.15) is 0 Å². The molecule has 1 spiro atoms. The van der Waals surface area contributed by atoms with Gasteiger partial charge >= 0.3 is 5.97 Å². The van der Waals surface area contributed by atoms with Crippen LogP contribution in [0.2, 0.25) is 0 Å². The molecule has 0 aromatic heterocycles. The van der Waals surface area contributed by atoms with Crippen molar-refractivity contribution in [2.24, 2.45) is 40.9 Å². The molecular formula is C14H15BrO2S2. The van der Waals surface area contributed by atoms with Crippen LogP contribution >= 0.6 is 39.5 Å². The zero-order chi connectivity index (χ0) is 12.8. The number of methoxy groups -OCH3 is 1. The molecule has 2 bridgehead atoms. The Bertz CT molecular complexity index is 524. The summed E-state index contributed by atoms with van der Waals surface area (Å²) in [6.45, 7) is 0. The first-order chi connectivity index (χ1) is 9.13. The van der Waals surface area contributed by atoms with Crippen LogP contribution in [-0.2, 0) is 9.53 Å². The second kappa shape index (κ2) is 2.79. The number of thioether (sulfide) groups is 2. The van der Waals surface area contributed by atoms with Crippen molar-refractivity contribution < 1.29 is 9.53 Å². The molecule has 6 saturated carbocycles. The molecule has 7 fully saturated rings. The van der Waals surface area contributed by atoms with Crippen molar-refractivity contribution in [3.63, 3.8) is 0 Å². The van der Waals surface area contributed by atoms with Gasteiger partial charge in [0.2, 0.25) is 0 Å². The van der Waals surface area contributed by atoms with Crippen molar-refractivity contribution in [3.05, 3.63) is 0 Å². The van der Waals surface area contributed by atoms with Crippen molar-refractivity contribution in [2.45, 2.75) is 14.8 Å². The highest BCUT2D eigenvalue weighted by molar-refractivity contribution is 9.10. The molecular weight excluding hydrogens is 344 g/mol. The van der Waals surface area contributed by atoms with E-state index in [-0.39, 0.29) is 11.4 Å². The molecule has 0 aromatic rings. The highest BCUT2D eigenvalue weighted by atomic mass is 79.9. The van der Waals surface area contributed by atoms with E-state index in [4.69, 9.17) is 4.74 Å². The number of halogens is 1. The lowest BCUT2D eigenvalue weighted by Gasteiger charge is -3.00. The molecule has 4 unspecified atom stereocenters. The molecule has 7 aliphatic rings. The summed E-state index contributed by atoms with van der Waals surface area (Å²) in [5.74, 6) is 7.08. The molecule has 0 N–H and O–H groups in total. The Morgan fingerprint density at radius 1 is 1.11 bits per heavy atom. The largest absolute Gasteiger partial charge is 0.469 e. The minimum Gasteiger partial charge on any atom is -0.469 e. The summed E-state index contributed by atoms with van der Waals surface area (Å²) < 4.78 is 6.00. The Balaban J connectivity index is 1.49. The van der Waals surface area contributed by atoms with E-state index in [0.717, 1.165) is 17.8 Å². The summed E-state index contributed by atoms with van der Waals surface area (Å²) in [6.07, 6.45) is 1.34. The number of hydrogen-bond donors (Lipinski definition) is 0. The van der Waals surface area contributed by atoms with E-state index in [0.29, 0.717) is 26.2 Å². The first-order valence-electron chi connectivity index (χ1n) is 7.18. The third kappa shape index (κ3) is 0.739. The highest BCUT2D eigenvalue weighted by Crippen LogP contribution is 3.02. The Kier molecular flexibility index (Phi) is 1.65. The van der Waals surface area contributed by atoms with E-state index in [1.165, 1.54) is 17.9 Å². The summed E-state index contributed by atoms with van der Waals surface area (Å²) in [4.78, 5) is 12.3. The van der Waals surface area contributed by atoms with E-state index in [2.05, 4.69) is 39.5 Å². The molecule has 4 atom stereocenters. The second-order valence-corrected chi connectivity index (χ2v) is 11.8. The lowest BCUT2D eigenvalue weighted by molar-refractivity contribution is -0.487. The zero-order valence-corrected chi connectivity index (χ0v) is 13.8. The Hall–Kier alpha value is 0.650.